The molecular formula is C23H23ClFN3O3. The monoisotopic (exact) mass is 443 g/mol. The second-order valence-electron chi connectivity index (χ2n) is 7.34. The standard InChI is InChI=1S/C23H23ClFN3O3/c1-30-19-13-20(31-2)17(12-16(19)24)26-23(29)21-18-9-4-3-5-10-28(18)22(27-21)14-7-6-8-15(25)11-14/h6-8,11-13H,3-5,9-10H2,1-2H3,(H,26,29). The van der Waals surface area contributed by atoms with Gasteiger partial charge in [-0.2, -0.15) is 0 Å². The second-order valence-corrected chi connectivity index (χ2v) is 7.75. The smallest absolute Gasteiger partial charge is 0.276 e. The number of imidazole rings is 1. The van der Waals surface area contributed by atoms with Gasteiger partial charge in [-0.15, -0.1) is 0 Å². The first kappa shape index (κ1) is 21.2. The average molecular weight is 444 g/mol. The van der Waals surface area contributed by atoms with Crippen LogP contribution in [0.25, 0.3) is 11.4 Å². The molecule has 0 bridgehead atoms. The molecule has 1 aromatic heterocycles. The molecule has 0 atom stereocenters. The number of benzene rings is 2. The van der Waals surface area contributed by atoms with Crippen LogP contribution in [0.4, 0.5) is 10.1 Å². The second kappa shape index (κ2) is 8.98. The molecule has 0 radical (unpaired) electrons. The SMILES string of the molecule is COc1cc(OC)c(NC(=O)c2nc(-c3cccc(F)c3)n3c2CCCCC3)cc1Cl. The molecule has 1 amide bonds. The Morgan fingerprint density at radius 3 is 2.68 bits per heavy atom. The number of ether oxygens (including phenoxy) is 2. The Morgan fingerprint density at radius 2 is 1.94 bits per heavy atom. The van der Waals surface area contributed by atoms with Crippen molar-refractivity contribution in [2.75, 3.05) is 19.5 Å². The first-order valence-electron chi connectivity index (χ1n) is 10.1. The zero-order chi connectivity index (χ0) is 22.0. The van der Waals surface area contributed by atoms with Gasteiger partial charge in [-0.25, -0.2) is 9.37 Å². The summed E-state index contributed by atoms with van der Waals surface area (Å²) in [6.45, 7) is 0.735. The molecule has 8 heteroatoms. The predicted molar refractivity (Wildman–Crippen MR) is 118 cm³/mol. The zero-order valence-electron chi connectivity index (χ0n) is 17.4. The van der Waals surface area contributed by atoms with Gasteiger partial charge in [-0.1, -0.05) is 30.2 Å². The lowest BCUT2D eigenvalue weighted by Gasteiger charge is -2.13. The van der Waals surface area contributed by atoms with Gasteiger partial charge in [-0.05, 0) is 37.5 Å². The number of amides is 1. The first-order valence-corrected chi connectivity index (χ1v) is 10.5. The molecule has 1 aliphatic rings. The number of hydrogen-bond donors (Lipinski definition) is 1. The number of aromatic nitrogens is 2. The summed E-state index contributed by atoms with van der Waals surface area (Å²) in [5, 5.41) is 3.21. The van der Waals surface area contributed by atoms with E-state index in [1.165, 1.54) is 26.4 Å². The Bertz CT molecular complexity index is 1130. The topological polar surface area (TPSA) is 65.4 Å². The summed E-state index contributed by atoms with van der Waals surface area (Å²) in [7, 11) is 3.01. The van der Waals surface area contributed by atoms with E-state index in [9.17, 15) is 9.18 Å². The minimum Gasteiger partial charge on any atom is -0.495 e. The van der Waals surface area contributed by atoms with Gasteiger partial charge in [0.25, 0.3) is 5.91 Å². The van der Waals surface area contributed by atoms with Crippen molar-refractivity contribution in [3.63, 3.8) is 0 Å². The maximum absolute atomic E-state index is 13.8. The number of nitrogens with one attached hydrogen (secondary N) is 1. The average Bonchev–Trinajstić information content (AvgIpc) is 2.95. The van der Waals surface area contributed by atoms with Crippen LogP contribution in [0.3, 0.4) is 0 Å². The van der Waals surface area contributed by atoms with E-state index in [1.807, 2.05) is 4.57 Å². The van der Waals surface area contributed by atoms with Crippen LogP contribution in [0, 0.1) is 5.82 Å². The fourth-order valence-electron chi connectivity index (χ4n) is 3.89. The summed E-state index contributed by atoms with van der Waals surface area (Å²) in [6, 6.07) is 9.48. The van der Waals surface area contributed by atoms with Crippen LogP contribution in [0.1, 0.15) is 35.4 Å². The van der Waals surface area contributed by atoms with E-state index >= 15 is 0 Å². The van der Waals surface area contributed by atoms with E-state index in [2.05, 4.69) is 10.3 Å². The Hall–Kier alpha value is -3.06. The van der Waals surface area contributed by atoms with Crippen LogP contribution in [0.15, 0.2) is 36.4 Å². The van der Waals surface area contributed by atoms with Gasteiger partial charge in [0.05, 0.1) is 30.6 Å². The van der Waals surface area contributed by atoms with Gasteiger partial charge >= 0.3 is 0 Å². The largest absolute Gasteiger partial charge is 0.495 e. The number of rotatable bonds is 5. The number of hydrogen-bond acceptors (Lipinski definition) is 4. The van der Waals surface area contributed by atoms with Crippen molar-refractivity contribution >= 4 is 23.2 Å². The summed E-state index contributed by atoms with van der Waals surface area (Å²) in [5.74, 6) is 0.757. The van der Waals surface area contributed by atoms with Gasteiger partial charge in [0.15, 0.2) is 0 Å². The summed E-state index contributed by atoms with van der Waals surface area (Å²) < 4.78 is 26.5. The number of fused-ring (bicyclic) bond motifs is 1. The molecule has 162 valence electrons. The molecule has 0 saturated heterocycles. The van der Waals surface area contributed by atoms with E-state index in [0.29, 0.717) is 39.3 Å². The van der Waals surface area contributed by atoms with Gasteiger partial charge in [0, 0.05) is 18.2 Å². The van der Waals surface area contributed by atoms with Crippen molar-refractivity contribution in [2.45, 2.75) is 32.2 Å². The highest BCUT2D eigenvalue weighted by molar-refractivity contribution is 6.32. The number of carbonyl (C=O) groups excluding carboxylic acids is 1. The van der Waals surface area contributed by atoms with Crippen molar-refractivity contribution in [1.82, 2.24) is 9.55 Å². The number of carbonyl (C=O) groups is 1. The Balaban J connectivity index is 1.74. The third-order valence-corrected chi connectivity index (χ3v) is 5.68. The third kappa shape index (κ3) is 4.23. The van der Waals surface area contributed by atoms with E-state index in [0.717, 1.165) is 37.9 Å². The van der Waals surface area contributed by atoms with Gasteiger partial charge in [0.2, 0.25) is 0 Å². The lowest BCUT2D eigenvalue weighted by Crippen LogP contribution is -2.16. The fourth-order valence-corrected chi connectivity index (χ4v) is 4.13. The molecule has 0 spiro atoms. The van der Waals surface area contributed by atoms with Crippen molar-refractivity contribution in [3.05, 3.63) is 58.6 Å². The molecule has 0 aliphatic carbocycles. The molecule has 2 heterocycles. The fraction of sp³-hybridized carbons (Fsp3) is 0.304. The number of halogens is 2. The minimum atomic E-state index is -0.368. The van der Waals surface area contributed by atoms with Crippen molar-refractivity contribution in [1.29, 1.82) is 0 Å². The van der Waals surface area contributed by atoms with E-state index in [4.69, 9.17) is 21.1 Å². The van der Waals surface area contributed by atoms with Crippen molar-refractivity contribution in [3.8, 4) is 22.9 Å². The Kier molecular flexibility index (Phi) is 6.13. The van der Waals surface area contributed by atoms with Gasteiger partial charge in [0.1, 0.15) is 28.8 Å². The maximum Gasteiger partial charge on any atom is 0.276 e. The maximum atomic E-state index is 13.8. The van der Waals surface area contributed by atoms with E-state index in [-0.39, 0.29) is 11.7 Å². The molecule has 1 aliphatic heterocycles. The zero-order valence-corrected chi connectivity index (χ0v) is 18.1. The number of nitrogens with zero attached hydrogens (tertiary/aromatic N) is 2. The summed E-state index contributed by atoms with van der Waals surface area (Å²) in [5.41, 5.74) is 2.25. The van der Waals surface area contributed by atoms with Crippen molar-refractivity contribution < 1.29 is 18.7 Å². The summed E-state index contributed by atoms with van der Waals surface area (Å²) in [4.78, 5) is 17.9. The molecule has 2 aromatic carbocycles. The molecular weight excluding hydrogens is 421 g/mol. The highest BCUT2D eigenvalue weighted by Crippen LogP contribution is 2.36. The molecule has 0 saturated carbocycles. The Labute approximate surface area is 185 Å². The van der Waals surface area contributed by atoms with Gasteiger partial charge < -0.3 is 19.4 Å². The molecule has 1 N–H and O–H groups in total. The number of methoxy groups -OCH3 is 2. The van der Waals surface area contributed by atoms with Crippen molar-refractivity contribution in [2.24, 2.45) is 0 Å². The van der Waals surface area contributed by atoms with E-state index in [1.54, 1.807) is 24.3 Å². The lowest BCUT2D eigenvalue weighted by atomic mass is 10.1. The van der Waals surface area contributed by atoms with E-state index < -0.39 is 0 Å². The first-order chi connectivity index (χ1) is 15.0. The van der Waals surface area contributed by atoms with Crippen LogP contribution >= 0.6 is 11.6 Å². The molecule has 3 aromatic rings. The highest BCUT2D eigenvalue weighted by Gasteiger charge is 2.25. The Morgan fingerprint density at radius 1 is 1.13 bits per heavy atom. The molecule has 31 heavy (non-hydrogen) atoms. The van der Waals surface area contributed by atoms with Crippen LogP contribution in [0.5, 0.6) is 11.5 Å². The normalized spacial score (nSPS) is 13.3. The quantitative estimate of drug-likeness (QED) is 0.578. The van der Waals surface area contributed by atoms with Crippen LogP contribution in [-0.2, 0) is 13.0 Å². The van der Waals surface area contributed by atoms with Crippen LogP contribution in [0.2, 0.25) is 5.02 Å². The lowest BCUT2D eigenvalue weighted by molar-refractivity contribution is 0.102. The minimum absolute atomic E-state index is 0.329. The number of anilines is 1. The third-order valence-electron chi connectivity index (χ3n) is 5.39. The van der Waals surface area contributed by atoms with Crippen LogP contribution < -0.4 is 14.8 Å². The highest BCUT2D eigenvalue weighted by atomic mass is 35.5. The summed E-state index contributed by atoms with van der Waals surface area (Å²) >= 11 is 6.24. The molecule has 0 unspecified atom stereocenters. The molecule has 0 fully saturated rings. The van der Waals surface area contributed by atoms with Crippen LogP contribution in [-0.4, -0.2) is 29.7 Å². The molecule has 6 nitrogen and oxygen atoms in total. The molecule has 4 rings (SSSR count). The summed E-state index contributed by atoms with van der Waals surface area (Å²) in [6.07, 6.45) is 3.74. The predicted octanol–water partition coefficient (Wildman–Crippen LogP) is 5.34. The van der Waals surface area contributed by atoms with Gasteiger partial charge in [-0.3, -0.25) is 4.79 Å².